The summed E-state index contributed by atoms with van der Waals surface area (Å²) in [6, 6.07) is 7.26. The third-order valence-corrected chi connectivity index (χ3v) is 5.18. The van der Waals surface area contributed by atoms with Crippen LogP contribution < -0.4 is 11.1 Å². The summed E-state index contributed by atoms with van der Waals surface area (Å²) in [6.07, 6.45) is 5.56. The first kappa shape index (κ1) is 15.2. The van der Waals surface area contributed by atoms with Gasteiger partial charge in [0.25, 0.3) is 0 Å². The Bertz CT molecular complexity index is 560. The van der Waals surface area contributed by atoms with Crippen molar-refractivity contribution in [3.05, 3.63) is 29.3 Å². The van der Waals surface area contributed by atoms with E-state index < -0.39 is 6.09 Å². The molecule has 4 nitrogen and oxygen atoms in total. The number of anilines is 1. The average molecular weight is 302 g/mol. The molecule has 0 spiro atoms. The van der Waals surface area contributed by atoms with Gasteiger partial charge in [-0.1, -0.05) is 19.9 Å². The summed E-state index contributed by atoms with van der Waals surface area (Å²) < 4.78 is 5.08. The molecule has 0 unspecified atom stereocenters. The van der Waals surface area contributed by atoms with Gasteiger partial charge in [0.1, 0.15) is 6.10 Å². The highest BCUT2D eigenvalue weighted by Crippen LogP contribution is 2.39. The fourth-order valence-electron chi connectivity index (χ4n) is 3.86. The van der Waals surface area contributed by atoms with E-state index in [0.29, 0.717) is 11.5 Å². The van der Waals surface area contributed by atoms with E-state index in [1.54, 1.807) is 0 Å². The molecule has 1 saturated carbocycles. The lowest BCUT2D eigenvalue weighted by Gasteiger charge is -2.29. The SMILES string of the molecule is CC1(C)CCc2cc(NC3CCC(OC(N)=O)CC3)ccc21. The molecule has 0 aromatic heterocycles. The molecule has 1 amide bonds. The number of carbonyl (C=O) groups excluding carboxylic acids is 1. The zero-order valence-electron chi connectivity index (χ0n) is 13.5. The molecule has 0 radical (unpaired) electrons. The van der Waals surface area contributed by atoms with Crippen molar-refractivity contribution >= 4 is 11.8 Å². The Labute approximate surface area is 132 Å². The van der Waals surface area contributed by atoms with Gasteiger partial charge in [0.15, 0.2) is 0 Å². The number of benzene rings is 1. The molecule has 4 heteroatoms. The molecule has 3 N–H and O–H groups in total. The molecule has 3 rings (SSSR count). The van der Waals surface area contributed by atoms with Gasteiger partial charge in [-0.25, -0.2) is 4.79 Å². The number of carbonyl (C=O) groups is 1. The van der Waals surface area contributed by atoms with Crippen LogP contribution in [0, 0.1) is 0 Å². The van der Waals surface area contributed by atoms with Crippen molar-refractivity contribution in [2.45, 2.75) is 69.9 Å². The topological polar surface area (TPSA) is 64.3 Å². The fourth-order valence-corrected chi connectivity index (χ4v) is 3.86. The second-order valence-electron chi connectivity index (χ2n) is 7.31. The molecular weight excluding hydrogens is 276 g/mol. The van der Waals surface area contributed by atoms with Crippen molar-refractivity contribution < 1.29 is 9.53 Å². The molecule has 0 bridgehead atoms. The Morgan fingerprint density at radius 3 is 2.68 bits per heavy atom. The molecule has 0 saturated heterocycles. The highest BCUT2D eigenvalue weighted by Gasteiger charge is 2.30. The molecule has 0 heterocycles. The van der Waals surface area contributed by atoms with Crippen molar-refractivity contribution in [2.24, 2.45) is 5.73 Å². The Morgan fingerprint density at radius 2 is 2.00 bits per heavy atom. The lowest BCUT2D eigenvalue weighted by molar-refractivity contribution is 0.0806. The van der Waals surface area contributed by atoms with Gasteiger partial charge >= 0.3 is 6.09 Å². The van der Waals surface area contributed by atoms with Crippen molar-refractivity contribution in [3.8, 4) is 0 Å². The lowest BCUT2D eigenvalue weighted by Crippen LogP contribution is -2.32. The maximum absolute atomic E-state index is 10.8. The predicted octanol–water partition coefficient (Wildman–Crippen LogP) is 3.73. The molecule has 0 aliphatic heterocycles. The Morgan fingerprint density at radius 1 is 1.27 bits per heavy atom. The summed E-state index contributed by atoms with van der Waals surface area (Å²) in [5.74, 6) is 0. The van der Waals surface area contributed by atoms with Crippen LogP contribution in [0.3, 0.4) is 0 Å². The fraction of sp³-hybridized carbons (Fsp3) is 0.611. The maximum Gasteiger partial charge on any atom is 0.404 e. The van der Waals surface area contributed by atoms with E-state index in [1.165, 1.54) is 29.7 Å². The summed E-state index contributed by atoms with van der Waals surface area (Å²) in [7, 11) is 0. The maximum atomic E-state index is 10.8. The van der Waals surface area contributed by atoms with Crippen LogP contribution in [-0.2, 0) is 16.6 Å². The number of nitrogens with two attached hydrogens (primary N) is 1. The normalized spacial score (nSPS) is 26.3. The van der Waals surface area contributed by atoms with Crippen molar-refractivity contribution in [3.63, 3.8) is 0 Å². The van der Waals surface area contributed by atoms with Gasteiger partial charge < -0.3 is 15.8 Å². The number of amides is 1. The van der Waals surface area contributed by atoms with E-state index in [-0.39, 0.29) is 6.10 Å². The van der Waals surface area contributed by atoms with E-state index in [2.05, 4.69) is 37.4 Å². The van der Waals surface area contributed by atoms with Gasteiger partial charge in [0.05, 0.1) is 0 Å². The predicted molar refractivity (Wildman–Crippen MR) is 88.1 cm³/mol. The van der Waals surface area contributed by atoms with E-state index in [1.807, 2.05) is 0 Å². The number of primary amides is 1. The van der Waals surface area contributed by atoms with Crippen LogP contribution >= 0.6 is 0 Å². The summed E-state index contributed by atoms with van der Waals surface area (Å²) in [5, 5.41) is 3.64. The molecule has 2 aliphatic carbocycles. The van der Waals surface area contributed by atoms with Crippen molar-refractivity contribution in [1.29, 1.82) is 0 Å². The summed E-state index contributed by atoms with van der Waals surface area (Å²) in [5.41, 5.74) is 9.60. The van der Waals surface area contributed by atoms with E-state index >= 15 is 0 Å². The standard InChI is InChI=1S/C18H26N2O2/c1-18(2)10-9-12-11-14(5-8-16(12)18)20-13-3-6-15(7-4-13)22-17(19)21/h5,8,11,13,15,20H,3-4,6-7,9-10H2,1-2H3,(H2,19,21). The van der Waals surface area contributed by atoms with E-state index in [9.17, 15) is 4.79 Å². The van der Waals surface area contributed by atoms with Crippen LogP contribution in [-0.4, -0.2) is 18.2 Å². The first-order chi connectivity index (χ1) is 10.4. The number of hydrogen-bond donors (Lipinski definition) is 2. The first-order valence-electron chi connectivity index (χ1n) is 8.30. The number of aryl methyl sites for hydroxylation is 1. The minimum absolute atomic E-state index is 0.00336. The number of nitrogens with one attached hydrogen (secondary N) is 1. The van der Waals surface area contributed by atoms with Gasteiger partial charge in [0.2, 0.25) is 0 Å². The minimum Gasteiger partial charge on any atom is -0.446 e. The van der Waals surface area contributed by atoms with Crippen LogP contribution in [0.5, 0.6) is 0 Å². The van der Waals surface area contributed by atoms with Crippen LogP contribution in [0.4, 0.5) is 10.5 Å². The highest BCUT2D eigenvalue weighted by molar-refractivity contribution is 5.64. The zero-order chi connectivity index (χ0) is 15.7. The quantitative estimate of drug-likeness (QED) is 0.894. The third kappa shape index (κ3) is 3.21. The molecule has 22 heavy (non-hydrogen) atoms. The minimum atomic E-state index is -0.655. The molecular formula is C18H26N2O2. The van der Waals surface area contributed by atoms with Crippen molar-refractivity contribution in [1.82, 2.24) is 0 Å². The number of hydrogen-bond acceptors (Lipinski definition) is 3. The summed E-state index contributed by atoms with van der Waals surface area (Å²) in [4.78, 5) is 10.8. The van der Waals surface area contributed by atoms with E-state index in [0.717, 1.165) is 25.7 Å². The highest BCUT2D eigenvalue weighted by atomic mass is 16.6. The monoisotopic (exact) mass is 302 g/mol. The molecule has 1 fully saturated rings. The second kappa shape index (κ2) is 5.82. The average Bonchev–Trinajstić information content (AvgIpc) is 2.76. The lowest BCUT2D eigenvalue weighted by atomic mass is 9.86. The first-order valence-corrected chi connectivity index (χ1v) is 8.30. The molecule has 0 atom stereocenters. The summed E-state index contributed by atoms with van der Waals surface area (Å²) in [6.45, 7) is 4.65. The molecule has 1 aromatic carbocycles. The largest absolute Gasteiger partial charge is 0.446 e. The van der Waals surface area contributed by atoms with Crippen LogP contribution in [0.25, 0.3) is 0 Å². The second-order valence-corrected chi connectivity index (χ2v) is 7.31. The van der Waals surface area contributed by atoms with E-state index in [4.69, 9.17) is 10.5 Å². The molecule has 120 valence electrons. The Hall–Kier alpha value is -1.71. The number of rotatable bonds is 3. The van der Waals surface area contributed by atoms with Crippen molar-refractivity contribution in [2.75, 3.05) is 5.32 Å². The smallest absolute Gasteiger partial charge is 0.404 e. The van der Waals surface area contributed by atoms with Gasteiger partial charge in [-0.15, -0.1) is 0 Å². The molecule has 2 aliphatic rings. The van der Waals surface area contributed by atoms with Crippen LogP contribution in [0.1, 0.15) is 57.1 Å². The summed E-state index contributed by atoms with van der Waals surface area (Å²) >= 11 is 0. The number of ether oxygens (including phenoxy) is 1. The zero-order valence-corrected chi connectivity index (χ0v) is 13.5. The van der Waals surface area contributed by atoms with Crippen LogP contribution in [0.15, 0.2) is 18.2 Å². The molecule has 1 aromatic rings. The number of fused-ring (bicyclic) bond motifs is 1. The van der Waals surface area contributed by atoms with Crippen LogP contribution in [0.2, 0.25) is 0 Å². The third-order valence-electron chi connectivity index (χ3n) is 5.18. The Kier molecular flexibility index (Phi) is 4.02. The van der Waals surface area contributed by atoms with Gasteiger partial charge in [-0.05, 0) is 67.2 Å². The van der Waals surface area contributed by atoms with Gasteiger partial charge in [-0.2, -0.15) is 0 Å². The van der Waals surface area contributed by atoms with Gasteiger partial charge in [-0.3, -0.25) is 0 Å². The van der Waals surface area contributed by atoms with Gasteiger partial charge in [0, 0.05) is 11.7 Å². The Balaban J connectivity index is 1.58.